The molecule has 0 N–H and O–H groups in total. The number of piperidine rings is 1. The Labute approximate surface area is 193 Å². The van der Waals surface area contributed by atoms with E-state index >= 15 is 0 Å². The van der Waals surface area contributed by atoms with Gasteiger partial charge in [-0.15, -0.1) is 11.8 Å². The summed E-state index contributed by atoms with van der Waals surface area (Å²) in [5.41, 5.74) is 1.20. The number of hydrogen-bond acceptors (Lipinski definition) is 4. The number of ether oxygens (including phenoxy) is 1. The molecule has 1 saturated heterocycles. The van der Waals surface area contributed by atoms with Crippen molar-refractivity contribution >= 4 is 17.5 Å². The second kappa shape index (κ2) is 10.8. The number of benzene rings is 2. The fraction of sp³-hybridized carbons (Fsp3) is 0.480. The fourth-order valence-corrected chi connectivity index (χ4v) is 5.26. The van der Waals surface area contributed by atoms with Crippen molar-refractivity contribution in [2.45, 2.75) is 43.7 Å². The van der Waals surface area contributed by atoms with Gasteiger partial charge in [0.25, 0.3) is 0 Å². The number of nitrogens with zero attached hydrogens (tertiary/aromatic N) is 1. The third-order valence-corrected chi connectivity index (χ3v) is 6.46. The molecule has 1 fully saturated rings. The fourth-order valence-electron chi connectivity index (χ4n) is 4.56. The lowest BCUT2D eigenvalue weighted by Gasteiger charge is -2.42. The van der Waals surface area contributed by atoms with Crippen LogP contribution in [-0.4, -0.2) is 44.2 Å². The maximum Gasteiger partial charge on any atom is 0.416 e. The number of ketones is 1. The Morgan fingerprint density at radius 1 is 1.22 bits per heavy atom. The van der Waals surface area contributed by atoms with Gasteiger partial charge in [0.2, 0.25) is 0 Å². The lowest BCUT2D eigenvalue weighted by molar-refractivity contribution is -0.137. The van der Waals surface area contributed by atoms with Gasteiger partial charge in [-0.3, -0.25) is 4.79 Å². The van der Waals surface area contributed by atoms with Gasteiger partial charge in [-0.05, 0) is 50.3 Å². The molecule has 1 heterocycles. The van der Waals surface area contributed by atoms with Gasteiger partial charge in [0.15, 0.2) is 5.78 Å². The van der Waals surface area contributed by atoms with Crippen LogP contribution >= 0.6 is 11.8 Å². The molecule has 3 nitrogen and oxygen atoms in total. The zero-order valence-corrected chi connectivity index (χ0v) is 20.4. The molecule has 32 heavy (non-hydrogen) atoms. The van der Waals surface area contributed by atoms with E-state index in [1.165, 1.54) is 39.1 Å². The standard InChI is InChI=1S/C14H21N.C11H11F3O2S/c1-12-9-14(2,11-15(3)10-12)13-7-5-4-6-8-13;1-6(15)10-8(16-2)4-7(11(12,13)14)5-9(10)17-3/h4-8,12H,9-11H2,1-3H3;4-5H,1-3H3/t12-,14+;/m0./s1. The predicted octanol–water partition coefficient (Wildman–Crippen LogP) is 6.55. The van der Waals surface area contributed by atoms with Crippen molar-refractivity contribution in [2.24, 2.45) is 5.92 Å². The van der Waals surface area contributed by atoms with Crippen LogP contribution in [0.2, 0.25) is 0 Å². The Bertz CT molecular complexity index is 880. The Balaban J connectivity index is 0.000000228. The molecule has 1 aliphatic rings. The third-order valence-electron chi connectivity index (χ3n) is 5.70. The minimum absolute atomic E-state index is 0.0447. The lowest BCUT2D eigenvalue weighted by atomic mass is 9.73. The highest BCUT2D eigenvalue weighted by Gasteiger charge is 2.34. The Morgan fingerprint density at radius 3 is 2.31 bits per heavy atom. The van der Waals surface area contributed by atoms with Gasteiger partial charge in [0.05, 0.1) is 18.2 Å². The summed E-state index contributed by atoms with van der Waals surface area (Å²) >= 11 is 1.08. The molecule has 3 rings (SSSR count). The van der Waals surface area contributed by atoms with Gasteiger partial charge < -0.3 is 9.64 Å². The number of likely N-dealkylation sites (N-methyl/N-ethyl adjacent to an activating group) is 1. The smallest absolute Gasteiger partial charge is 0.416 e. The van der Waals surface area contributed by atoms with Gasteiger partial charge in [-0.1, -0.05) is 44.2 Å². The number of halogens is 3. The van der Waals surface area contributed by atoms with Crippen molar-refractivity contribution in [3.05, 3.63) is 59.2 Å². The maximum absolute atomic E-state index is 12.6. The van der Waals surface area contributed by atoms with E-state index in [1.54, 1.807) is 6.26 Å². The molecule has 0 spiro atoms. The maximum atomic E-state index is 12.6. The highest BCUT2D eigenvalue weighted by Crippen LogP contribution is 2.38. The third kappa shape index (κ3) is 6.51. The van der Waals surface area contributed by atoms with Gasteiger partial charge in [0, 0.05) is 23.4 Å². The van der Waals surface area contributed by atoms with Crippen LogP contribution in [0, 0.1) is 5.92 Å². The number of likely N-dealkylation sites (tertiary alicyclic amines) is 1. The summed E-state index contributed by atoms with van der Waals surface area (Å²) in [6, 6.07) is 12.8. The van der Waals surface area contributed by atoms with Gasteiger partial charge in [-0.2, -0.15) is 13.2 Å². The van der Waals surface area contributed by atoms with Crippen molar-refractivity contribution in [1.29, 1.82) is 0 Å². The van der Waals surface area contributed by atoms with Crippen LogP contribution in [0.4, 0.5) is 13.2 Å². The van der Waals surface area contributed by atoms with Crippen LogP contribution in [0.3, 0.4) is 0 Å². The molecular formula is C25H32F3NO2S. The van der Waals surface area contributed by atoms with E-state index in [2.05, 4.69) is 56.1 Å². The van der Waals surface area contributed by atoms with E-state index in [4.69, 9.17) is 4.74 Å². The first-order chi connectivity index (χ1) is 14.9. The second-order valence-corrected chi connectivity index (χ2v) is 9.59. The largest absolute Gasteiger partial charge is 0.496 e. The lowest BCUT2D eigenvalue weighted by Crippen LogP contribution is -2.45. The van der Waals surface area contributed by atoms with E-state index in [9.17, 15) is 18.0 Å². The topological polar surface area (TPSA) is 29.5 Å². The van der Waals surface area contributed by atoms with Crippen molar-refractivity contribution in [2.75, 3.05) is 33.5 Å². The normalized spacial score (nSPS) is 21.5. The Hall–Kier alpha value is -1.99. The average molecular weight is 468 g/mol. The van der Waals surface area contributed by atoms with Crippen LogP contribution in [0.15, 0.2) is 47.4 Å². The molecule has 0 aromatic heterocycles. The summed E-state index contributed by atoms with van der Waals surface area (Å²) in [5.74, 6) is 0.436. The summed E-state index contributed by atoms with van der Waals surface area (Å²) in [6.07, 6.45) is -1.53. The summed E-state index contributed by atoms with van der Waals surface area (Å²) < 4.78 is 42.7. The number of hydrogen-bond donors (Lipinski definition) is 0. The van der Waals surface area contributed by atoms with Crippen molar-refractivity contribution in [3.8, 4) is 5.75 Å². The molecule has 0 bridgehead atoms. The second-order valence-electron chi connectivity index (χ2n) is 8.74. The number of thioether (sulfide) groups is 1. The molecule has 0 aliphatic carbocycles. The Morgan fingerprint density at radius 2 is 1.84 bits per heavy atom. The van der Waals surface area contributed by atoms with Crippen LogP contribution in [0.5, 0.6) is 5.75 Å². The summed E-state index contributed by atoms with van der Waals surface area (Å²) in [4.78, 5) is 14.1. The number of carbonyl (C=O) groups excluding carboxylic acids is 1. The molecule has 2 aromatic carbocycles. The molecule has 0 saturated carbocycles. The Kier molecular flexibility index (Phi) is 8.82. The first-order valence-electron chi connectivity index (χ1n) is 10.5. The van der Waals surface area contributed by atoms with Crippen LogP contribution < -0.4 is 4.74 Å². The van der Waals surface area contributed by atoms with Crippen molar-refractivity contribution in [3.63, 3.8) is 0 Å². The summed E-state index contributed by atoms with van der Waals surface area (Å²) in [7, 11) is 3.48. The molecule has 2 atom stereocenters. The highest BCUT2D eigenvalue weighted by molar-refractivity contribution is 7.98. The van der Waals surface area contributed by atoms with E-state index < -0.39 is 11.7 Å². The van der Waals surface area contributed by atoms with E-state index in [0.29, 0.717) is 5.41 Å². The number of rotatable bonds is 4. The van der Waals surface area contributed by atoms with E-state index in [-0.39, 0.29) is 22.0 Å². The molecule has 0 unspecified atom stereocenters. The van der Waals surface area contributed by atoms with Crippen molar-refractivity contribution in [1.82, 2.24) is 4.90 Å². The first-order valence-corrected chi connectivity index (χ1v) is 11.7. The van der Waals surface area contributed by atoms with Gasteiger partial charge in [-0.25, -0.2) is 0 Å². The number of carbonyl (C=O) groups is 1. The van der Waals surface area contributed by atoms with E-state index in [1.807, 2.05) is 0 Å². The first kappa shape index (κ1) is 26.3. The molecule has 0 amide bonds. The number of Topliss-reactive ketones (excluding diaryl/α,β-unsaturated/α-hetero) is 1. The van der Waals surface area contributed by atoms with Crippen LogP contribution in [0.1, 0.15) is 48.7 Å². The van der Waals surface area contributed by atoms with Crippen LogP contribution in [0.25, 0.3) is 0 Å². The summed E-state index contributed by atoms with van der Waals surface area (Å²) in [5, 5.41) is 0. The molecule has 2 aromatic rings. The molecule has 7 heteroatoms. The zero-order chi connectivity index (χ0) is 24.1. The minimum Gasteiger partial charge on any atom is -0.496 e. The quantitative estimate of drug-likeness (QED) is 0.376. The SMILES string of the molecule is COc1cc(C(F)(F)F)cc(SC)c1C(C)=O.C[C@@H]1CN(C)C[C@](C)(c2ccccc2)C1. The van der Waals surface area contributed by atoms with E-state index in [0.717, 1.165) is 29.8 Å². The molecule has 0 radical (unpaired) electrons. The van der Waals surface area contributed by atoms with Gasteiger partial charge in [0.1, 0.15) is 5.75 Å². The average Bonchev–Trinajstić information content (AvgIpc) is 2.72. The minimum atomic E-state index is -4.45. The molecule has 1 aliphatic heterocycles. The highest BCUT2D eigenvalue weighted by atomic mass is 32.2. The monoisotopic (exact) mass is 467 g/mol. The van der Waals surface area contributed by atoms with Gasteiger partial charge >= 0.3 is 6.18 Å². The molecular weight excluding hydrogens is 435 g/mol. The predicted molar refractivity (Wildman–Crippen MR) is 125 cm³/mol. The number of methoxy groups -OCH3 is 1. The molecule has 176 valence electrons. The summed E-state index contributed by atoms with van der Waals surface area (Å²) in [6.45, 7) is 8.47. The van der Waals surface area contributed by atoms with Crippen LogP contribution in [-0.2, 0) is 11.6 Å². The zero-order valence-electron chi connectivity index (χ0n) is 19.5. The van der Waals surface area contributed by atoms with Crippen molar-refractivity contribution < 1.29 is 22.7 Å². The number of alkyl halides is 3.